The average molecular weight is 282 g/mol. The van der Waals surface area contributed by atoms with Crippen molar-refractivity contribution >= 4 is 28.4 Å². The highest BCUT2D eigenvalue weighted by molar-refractivity contribution is 7.98. The second kappa shape index (κ2) is 5.43. The monoisotopic (exact) mass is 282 g/mol. The van der Waals surface area contributed by atoms with Gasteiger partial charge in [0.2, 0.25) is 0 Å². The van der Waals surface area contributed by atoms with E-state index in [0.29, 0.717) is 11.4 Å². The second-order valence-corrected chi connectivity index (χ2v) is 5.15. The molecule has 0 saturated carbocycles. The van der Waals surface area contributed by atoms with Crippen molar-refractivity contribution in [1.82, 2.24) is 4.98 Å². The third kappa shape index (κ3) is 2.30. The highest BCUT2D eigenvalue weighted by Gasteiger charge is 2.09. The fraction of sp³-hybridized carbons (Fsp3) is 0.0625. The van der Waals surface area contributed by atoms with E-state index in [1.807, 2.05) is 54.8 Å². The van der Waals surface area contributed by atoms with Gasteiger partial charge in [-0.3, -0.25) is 4.98 Å². The van der Waals surface area contributed by atoms with Crippen LogP contribution in [0.2, 0.25) is 0 Å². The maximum atomic E-state index is 6.19. The van der Waals surface area contributed by atoms with Crippen molar-refractivity contribution in [2.45, 2.75) is 4.90 Å². The molecule has 0 radical (unpaired) electrons. The van der Waals surface area contributed by atoms with Gasteiger partial charge in [0.05, 0.1) is 11.2 Å². The van der Waals surface area contributed by atoms with Crippen LogP contribution >= 0.6 is 11.8 Å². The molecule has 0 unspecified atom stereocenters. The van der Waals surface area contributed by atoms with E-state index in [0.717, 1.165) is 21.5 Å². The van der Waals surface area contributed by atoms with Gasteiger partial charge in [-0.2, -0.15) is 0 Å². The van der Waals surface area contributed by atoms with E-state index in [1.165, 1.54) is 0 Å². The first-order valence-electron chi connectivity index (χ1n) is 6.23. The molecule has 0 aliphatic rings. The predicted octanol–water partition coefficient (Wildman–Crippen LogP) is 4.33. The average Bonchev–Trinajstić information content (AvgIpc) is 2.51. The molecule has 3 nitrogen and oxygen atoms in total. The highest BCUT2D eigenvalue weighted by Crippen LogP contribution is 2.36. The standard InChI is InChI=1S/C16H14N2OS/c1-20-15-7-3-2-6-13(15)19-14-9-8-12-11(16(14)17)5-4-10-18-12/h2-10H,17H2,1H3. The summed E-state index contributed by atoms with van der Waals surface area (Å²) < 4.78 is 5.97. The summed E-state index contributed by atoms with van der Waals surface area (Å²) in [6.07, 6.45) is 3.78. The van der Waals surface area contributed by atoms with Gasteiger partial charge in [0.1, 0.15) is 5.75 Å². The van der Waals surface area contributed by atoms with E-state index >= 15 is 0 Å². The van der Waals surface area contributed by atoms with Crippen LogP contribution in [0.15, 0.2) is 59.6 Å². The van der Waals surface area contributed by atoms with E-state index in [1.54, 1.807) is 18.0 Å². The third-order valence-electron chi connectivity index (χ3n) is 3.08. The van der Waals surface area contributed by atoms with Crippen LogP contribution in [-0.2, 0) is 0 Å². The Morgan fingerprint density at radius 3 is 2.70 bits per heavy atom. The van der Waals surface area contributed by atoms with Crippen LogP contribution in [0, 0.1) is 0 Å². The Bertz CT molecular complexity index is 758. The molecule has 3 aromatic rings. The lowest BCUT2D eigenvalue weighted by Gasteiger charge is -2.12. The fourth-order valence-electron chi connectivity index (χ4n) is 2.07. The zero-order valence-corrected chi connectivity index (χ0v) is 11.9. The minimum atomic E-state index is 0.617. The number of hydrogen-bond donors (Lipinski definition) is 1. The van der Waals surface area contributed by atoms with Crippen molar-refractivity contribution in [2.75, 3.05) is 12.0 Å². The number of nitrogens with two attached hydrogens (primary N) is 1. The smallest absolute Gasteiger partial charge is 0.151 e. The summed E-state index contributed by atoms with van der Waals surface area (Å²) >= 11 is 1.65. The molecule has 0 spiro atoms. The van der Waals surface area contributed by atoms with Crippen molar-refractivity contribution in [3.05, 3.63) is 54.7 Å². The number of nitrogen functional groups attached to an aromatic ring is 1. The summed E-state index contributed by atoms with van der Waals surface area (Å²) in [7, 11) is 0. The van der Waals surface area contributed by atoms with Crippen LogP contribution in [0.25, 0.3) is 10.9 Å². The highest BCUT2D eigenvalue weighted by atomic mass is 32.2. The van der Waals surface area contributed by atoms with Crippen LogP contribution in [0.3, 0.4) is 0 Å². The second-order valence-electron chi connectivity index (χ2n) is 4.30. The van der Waals surface area contributed by atoms with Crippen LogP contribution < -0.4 is 10.5 Å². The van der Waals surface area contributed by atoms with Gasteiger partial charge in [0.15, 0.2) is 5.75 Å². The Hall–Kier alpha value is -2.20. The summed E-state index contributed by atoms with van der Waals surface area (Å²) in [5.41, 5.74) is 7.67. The summed E-state index contributed by atoms with van der Waals surface area (Å²) in [5.74, 6) is 1.47. The first-order valence-corrected chi connectivity index (χ1v) is 7.46. The molecule has 4 heteroatoms. The zero-order chi connectivity index (χ0) is 13.9. The molecule has 1 aromatic heterocycles. The van der Waals surface area contributed by atoms with Crippen LogP contribution in [0.1, 0.15) is 0 Å². The first-order chi connectivity index (χ1) is 9.79. The Kier molecular flexibility index (Phi) is 3.48. The number of nitrogens with zero attached hydrogens (tertiary/aromatic N) is 1. The molecule has 3 rings (SSSR count). The molecule has 2 N–H and O–H groups in total. The molecule has 0 aliphatic heterocycles. The number of para-hydroxylation sites is 1. The van der Waals surface area contributed by atoms with Gasteiger partial charge < -0.3 is 10.5 Å². The number of anilines is 1. The SMILES string of the molecule is CSc1ccccc1Oc1ccc2ncccc2c1N. The maximum absolute atomic E-state index is 6.19. The molecule has 0 bridgehead atoms. The lowest BCUT2D eigenvalue weighted by Crippen LogP contribution is -1.95. The number of aromatic nitrogens is 1. The van der Waals surface area contributed by atoms with Gasteiger partial charge in [-0.05, 0) is 42.7 Å². The number of rotatable bonds is 3. The van der Waals surface area contributed by atoms with E-state index in [-0.39, 0.29) is 0 Å². The normalized spacial score (nSPS) is 10.7. The number of thioether (sulfide) groups is 1. The third-order valence-corrected chi connectivity index (χ3v) is 3.85. The predicted molar refractivity (Wildman–Crippen MR) is 84.5 cm³/mol. The Morgan fingerprint density at radius 1 is 1.00 bits per heavy atom. The van der Waals surface area contributed by atoms with Crippen molar-refractivity contribution in [3.63, 3.8) is 0 Å². The number of fused-ring (bicyclic) bond motifs is 1. The quantitative estimate of drug-likeness (QED) is 0.573. The minimum absolute atomic E-state index is 0.617. The summed E-state index contributed by atoms with van der Waals surface area (Å²) in [6, 6.07) is 15.5. The topological polar surface area (TPSA) is 48.1 Å². The van der Waals surface area contributed by atoms with Crippen molar-refractivity contribution in [1.29, 1.82) is 0 Å². The number of pyridine rings is 1. The zero-order valence-electron chi connectivity index (χ0n) is 11.0. The first kappa shape index (κ1) is 12.8. The summed E-state index contributed by atoms with van der Waals surface area (Å²) in [4.78, 5) is 5.37. The molecule has 0 aliphatic carbocycles. The van der Waals surface area contributed by atoms with Crippen molar-refractivity contribution in [2.24, 2.45) is 0 Å². The van der Waals surface area contributed by atoms with Crippen molar-refractivity contribution in [3.8, 4) is 11.5 Å². The van der Waals surface area contributed by atoms with Crippen molar-refractivity contribution < 1.29 is 4.74 Å². The van der Waals surface area contributed by atoms with E-state index in [2.05, 4.69) is 4.98 Å². The van der Waals surface area contributed by atoms with Gasteiger partial charge in [-0.1, -0.05) is 12.1 Å². The minimum Gasteiger partial charge on any atom is -0.454 e. The molecule has 2 aromatic carbocycles. The van der Waals surface area contributed by atoms with Gasteiger partial charge in [-0.25, -0.2) is 0 Å². The fourth-order valence-corrected chi connectivity index (χ4v) is 2.59. The van der Waals surface area contributed by atoms with E-state index in [9.17, 15) is 0 Å². The Morgan fingerprint density at radius 2 is 1.85 bits per heavy atom. The molecular formula is C16H14N2OS. The van der Waals surface area contributed by atoms with E-state index in [4.69, 9.17) is 10.5 Å². The summed E-state index contributed by atoms with van der Waals surface area (Å²) in [5, 5.41) is 0.909. The lowest BCUT2D eigenvalue weighted by atomic mass is 10.1. The van der Waals surface area contributed by atoms with Crippen LogP contribution in [-0.4, -0.2) is 11.2 Å². The number of benzene rings is 2. The molecule has 0 fully saturated rings. The summed E-state index contributed by atoms with van der Waals surface area (Å²) in [6.45, 7) is 0. The van der Waals surface area contributed by atoms with E-state index < -0.39 is 0 Å². The van der Waals surface area contributed by atoms with Gasteiger partial charge >= 0.3 is 0 Å². The molecule has 0 amide bonds. The maximum Gasteiger partial charge on any atom is 0.151 e. The Balaban J connectivity index is 2.05. The Labute approximate surface area is 121 Å². The van der Waals surface area contributed by atoms with Gasteiger partial charge in [-0.15, -0.1) is 11.8 Å². The number of ether oxygens (including phenoxy) is 1. The lowest BCUT2D eigenvalue weighted by molar-refractivity contribution is 0.474. The van der Waals surface area contributed by atoms with Crippen LogP contribution in [0.4, 0.5) is 5.69 Å². The molecule has 0 saturated heterocycles. The molecule has 1 heterocycles. The van der Waals surface area contributed by atoms with Crippen LogP contribution in [0.5, 0.6) is 11.5 Å². The molecule has 0 atom stereocenters. The largest absolute Gasteiger partial charge is 0.454 e. The molecular weight excluding hydrogens is 268 g/mol. The number of hydrogen-bond acceptors (Lipinski definition) is 4. The molecule has 20 heavy (non-hydrogen) atoms. The molecule has 100 valence electrons. The van der Waals surface area contributed by atoms with Gasteiger partial charge in [0, 0.05) is 16.5 Å². The van der Waals surface area contributed by atoms with Gasteiger partial charge in [0.25, 0.3) is 0 Å².